The van der Waals surface area contributed by atoms with E-state index < -0.39 is 0 Å². The van der Waals surface area contributed by atoms with E-state index in [4.69, 9.17) is 14.7 Å². The fourth-order valence-electron chi connectivity index (χ4n) is 5.72. The van der Waals surface area contributed by atoms with Gasteiger partial charge in [0.2, 0.25) is 5.88 Å². The van der Waals surface area contributed by atoms with Gasteiger partial charge in [0.05, 0.1) is 48.7 Å². The van der Waals surface area contributed by atoms with Gasteiger partial charge >= 0.3 is 0 Å². The first-order chi connectivity index (χ1) is 19.1. The highest BCUT2D eigenvalue weighted by atomic mass is 16.5. The van der Waals surface area contributed by atoms with E-state index in [1.165, 1.54) is 12.0 Å². The fraction of sp³-hybridized carbons (Fsp3) is 0.286. The fourth-order valence-corrected chi connectivity index (χ4v) is 5.72. The van der Waals surface area contributed by atoms with Crippen LogP contribution in [0.25, 0.3) is 27.9 Å². The molecular weight excluding hydrogens is 492 g/mol. The average Bonchev–Trinajstić information content (AvgIpc) is 3.62. The number of hydrogen-bond donors (Lipinski definition) is 0. The first-order valence-corrected chi connectivity index (χ1v) is 12.8. The Morgan fingerprint density at radius 2 is 1.85 bits per heavy atom. The quantitative estimate of drug-likeness (QED) is 0.335. The summed E-state index contributed by atoms with van der Waals surface area (Å²) in [6, 6.07) is 9.24. The Labute approximate surface area is 224 Å². The minimum Gasteiger partial charge on any atom is -0.481 e. The molecule has 0 radical (unpaired) electrons. The second kappa shape index (κ2) is 9.18. The van der Waals surface area contributed by atoms with E-state index in [1.54, 1.807) is 28.7 Å². The smallest absolute Gasteiger partial charge is 0.212 e. The summed E-state index contributed by atoms with van der Waals surface area (Å²) < 4.78 is 8.67. The average molecular weight is 519 g/mol. The highest BCUT2D eigenvalue weighted by molar-refractivity contribution is 5.86. The van der Waals surface area contributed by atoms with Crippen molar-refractivity contribution in [1.82, 2.24) is 39.2 Å². The van der Waals surface area contributed by atoms with Crippen molar-refractivity contribution in [3.63, 3.8) is 0 Å². The molecule has 0 amide bonds. The van der Waals surface area contributed by atoms with E-state index in [0.717, 1.165) is 47.7 Å². The largest absolute Gasteiger partial charge is 0.481 e. The van der Waals surface area contributed by atoms with Crippen LogP contribution in [0.4, 0.5) is 5.82 Å². The van der Waals surface area contributed by atoms with Gasteiger partial charge in [0, 0.05) is 80.1 Å². The number of hydrogen-bond acceptors (Lipinski definition) is 9. The van der Waals surface area contributed by atoms with Crippen molar-refractivity contribution in [2.24, 2.45) is 7.05 Å². The van der Waals surface area contributed by atoms with Crippen LogP contribution in [0.5, 0.6) is 5.88 Å². The molecule has 0 saturated carbocycles. The zero-order valence-electron chi connectivity index (χ0n) is 21.6. The van der Waals surface area contributed by atoms with Crippen LogP contribution in [0.2, 0.25) is 0 Å². The molecule has 8 heterocycles. The lowest BCUT2D eigenvalue weighted by atomic mass is 9.87. The molecule has 3 aliphatic rings. The van der Waals surface area contributed by atoms with Crippen molar-refractivity contribution in [3.8, 4) is 34.3 Å². The molecule has 0 spiro atoms. The summed E-state index contributed by atoms with van der Waals surface area (Å²) in [7, 11) is 3.52. The number of piperidine rings is 1. The third-order valence-corrected chi connectivity index (χ3v) is 7.72. The van der Waals surface area contributed by atoms with E-state index in [9.17, 15) is 5.26 Å². The van der Waals surface area contributed by atoms with Crippen LogP contribution in [0.15, 0.2) is 61.6 Å². The van der Waals surface area contributed by atoms with Gasteiger partial charge in [-0.15, -0.1) is 0 Å². The number of anilines is 1. The zero-order chi connectivity index (χ0) is 26.5. The van der Waals surface area contributed by atoms with Crippen LogP contribution in [0.3, 0.4) is 0 Å². The van der Waals surface area contributed by atoms with E-state index in [0.29, 0.717) is 29.2 Å². The Bertz CT molecular complexity index is 1690. The maximum atomic E-state index is 9.69. The lowest BCUT2D eigenvalue weighted by Gasteiger charge is -2.56. The molecular formula is C28H26N10O. The number of aryl methyl sites for hydroxylation is 1. The van der Waals surface area contributed by atoms with Crippen LogP contribution in [-0.4, -0.2) is 71.5 Å². The molecule has 2 bridgehead atoms. The highest BCUT2D eigenvalue weighted by Gasteiger charge is 2.44. The number of rotatable bonds is 6. The Balaban J connectivity index is 1.12. The van der Waals surface area contributed by atoms with Gasteiger partial charge in [-0.3, -0.25) is 14.6 Å². The molecule has 2 atom stereocenters. The number of ether oxygens (including phenoxy) is 1. The first kappa shape index (κ1) is 23.3. The molecule has 0 aromatic carbocycles. The highest BCUT2D eigenvalue weighted by Crippen LogP contribution is 2.36. The van der Waals surface area contributed by atoms with E-state index in [1.807, 2.05) is 50.2 Å². The van der Waals surface area contributed by atoms with Crippen molar-refractivity contribution in [1.29, 1.82) is 5.26 Å². The summed E-state index contributed by atoms with van der Waals surface area (Å²) in [5, 5.41) is 18.4. The van der Waals surface area contributed by atoms with E-state index in [-0.39, 0.29) is 0 Å². The first-order valence-electron chi connectivity index (χ1n) is 12.8. The zero-order valence-corrected chi connectivity index (χ0v) is 21.6. The number of piperazine rings is 1. The third-order valence-electron chi connectivity index (χ3n) is 7.72. The van der Waals surface area contributed by atoms with Crippen molar-refractivity contribution in [3.05, 3.63) is 72.7 Å². The standard InChI is InChI=1S/C28H26N10O/c1-35-14-21(10-33-35)19-5-24(28-20(7-29)9-34-38(28)15-19)25-11-31-26(12-30-25)36-16-22-6-23(17-36)37(22)13-18-3-4-27(39-2)32-8-18/h3-5,8-12,14-15,22-23H,6,13,16-17H2,1-2H3. The van der Waals surface area contributed by atoms with Gasteiger partial charge in [0.15, 0.2) is 0 Å². The number of fused-ring (bicyclic) bond motifs is 3. The Morgan fingerprint density at radius 1 is 0.974 bits per heavy atom. The maximum Gasteiger partial charge on any atom is 0.212 e. The monoisotopic (exact) mass is 518 g/mol. The molecule has 3 saturated heterocycles. The molecule has 0 aliphatic carbocycles. The van der Waals surface area contributed by atoms with Gasteiger partial charge in [-0.25, -0.2) is 14.5 Å². The maximum absolute atomic E-state index is 9.69. The molecule has 11 heteroatoms. The summed E-state index contributed by atoms with van der Waals surface area (Å²) in [5.74, 6) is 1.50. The van der Waals surface area contributed by atoms with E-state index >= 15 is 0 Å². The summed E-state index contributed by atoms with van der Waals surface area (Å²) >= 11 is 0. The predicted molar refractivity (Wildman–Crippen MR) is 144 cm³/mol. The van der Waals surface area contributed by atoms with Crippen molar-refractivity contribution >= 4 is 11.3 Å². The van der Waals surface area contributed by atoms with Crippen molar-refractivity contribution in [2.45, 2.75) is 25.0 Å². The minimum absolute atomic E-state index is 0.480. The summed E-state index contributed by atoms with van der Waals surface area (Å²) in [5.41, 5.74) is 5.81. The Morgan fingerprint density at radius 3 is 2.51 bits per heavy atom. The SMILES string of the molecule is COc1ccc(CN2C3CC2CN(c2cnc(-c4cc(-c5cnn(C)c5)cn5ncc(C#N)c45)cn2)C3)cn1. The lowest BCUT2D eigenvalue weighted by molar-refractivity contribution is -0.00879. The van der Waals surface area contributed by atoms with Gasteiger partial charge < -0.3 is 9.64 Å². The van der Waals surface area contributed by atoms with Crippen LogP contribution in [-0.2, 0) is 13.6 Å². The topological polar surface area (TPSA) is 113 Å². The van der Waals surface area contributed by atoms with Crippen LogP contribution in [0, 0.1) is 11.3 Å². The number of nitrogens with zero attached hydrogens (tertiary/aromatic N) is 10. The van der Waals surface area contributed by atoms with Crippen LogP contribution >= 0.6 is 0 Å². The van der Waals surface area contributed by atoms with Crippen molar-refractivity contribution in [2.75, 3.05) is 25.1 Å². The number of nitriles is 1. The number of aromatic nitrogens is 7. The van der Waals surface area contributed by atoms with Gasteiger partial charge in [0.1, 0.15) is 11.9 Å². The Hall–Kier alpha value is -4.82. The molecule has 3 fully saturated rings. The number of pyridine rings is 2. The molecule has 3 aliphatic heterocycles. The molecule has 2 unspecified atom stereocenters. The van der Waals surface area contributed by atoms with Gasteiger partial charge in [0.25, 0.3) is 0 Å². The summed E-state index contributed by atoms with van der Waals surface area (Å²) in [4.78, 5) is 18.8. The second-order valence-corrected chi connectivity index (χ2v) is 10.1. The molecule has 5 aromatic heterocycles. The normalized spacial score (nSPS) is 18.6. The minimum atomic E-state index is 0.480. The van der Waals surface area contributed by atoms with Crippen molar-refractivity contribution < 1.29 is 4.74 Å². The molecule has 39 heavy (non-hydrogen) atoms. The Kier molecular flexibility index (Phi) is 5.49. The number of methoxy groups -OCH3 is 1. The summed E-state index contributed by atoms with van der Waals surface area (Å²) in [6.45, 7) is 2.72. The molecule has 0 N–H and O–H groups in total. The molecule has 194 valence electrons. The molecule has 11 nitrogen and oxygen atoms in total. The molecule has 8 rings (SSSR count). The lowest BCUT2D eigenvalue weighted by Crippen LogP contribution is -2.68. The van der Waals surface area contributed by atoms with Crippen LogP contribution in [0.1, 0.15) is 17.5 Å². The van der Waals surface area contributed by atoms with Gasteiger partial charge in [-0.05, 0) is 18.1 Å². The third kappa shape index (κ3) is 4.06. The van der Waals surface area contributed by atoms with E-state index in [2.05, 4.69) is 37.1 Å². The second-order valence-electron chi connectivity index (χ2n) is 10.1. The predicted octanol–water partition coefficient (Wildman–Crippen LogP) is 2.93. The summed E-state index contributed by atoms with van der Waals surface area (Å²) in [6.07, 6.45) is 14.0. The van der Waals surface area contributed by atoms with Crippen LogP contribution < -0.4 is 9.64 Å². The molecule has 5 aromatic rings. The van der Waals surface area contributed by atoms with Gasteiger partial charge in [-0.1, -0.05) is 6.07 Å². The van der Waals surface area contributed by atoms with Gasteiger partial charge in [-0.2, -0.15) is 15.5 Å².